The Labute approximate surface area is 142 Å². The third kappa shape index (κ3) is 9.25. The second-order valence-electron chi connectivity index (χ2n) is 5.47. The van der Waals surface area contributed by atoms with Crippen LogP contribution in [0, 0.1) is 0 Å². The number of ether oxygens (including phenoxy) is 1. The number of rotatable bonds is 14. The van der Waals surface area contributed by atoms with E-state index in [0.29, 0.717) is 37.9 Å². The molecule has 0 heterocycles. The monoisotopic (exact) mass is 346 g/mol. The number of unbranched alkanes of at least 4 members (excludes halogenated alkanes) is 1. The van der Waals surface area contributed by atoms with Gasteiger partial charge in [0.2, 0.25) is 0 Å². The van der Waals surface area contributed by atoms with E-state index in [9.17, 15) is 4.79 Å². The number of carbonyl (C=O) groups excluding carboxylic acids is 1. The first kappa shape index (κ1) is 22.3. The van der Waals surface area contributed by atoms with E-state index < -0.39 is 8.80 Å². The predicted octanol–water partition coefficient (Wildman–Crippen LogP) is 4.10. The molecule has 0 aliphatic rings. The zero-order valence-corrected chi connectivity index (χ0v) is 16.5. The Balaban J connectivity index is 4.84. The lowest BCUT2D eigenvalue weighted by Crippen LogP contribution is -2.46. The van der Waals surface area contributed by atoms with Crippen LogP contribution in [0.1, 0.15) is 60.3 Å². The molecule has 23 heavy (non-hydrogen) atoms. The van der Waals surface area contributed by atoms with E-state index in [1.807, 2.05) is 20.8 Å². The van der Waals surface area contributed by atoms with Gasteiger partial charge in [0, 0.05) is 31.4 Å². The van der Waals surface area contributed by atoms with Gasteiger partial charge < -0.3 is 18.0 Å². The lowest BCUT2D eigenvalue weighted by Gasteiger charge is -2.30. The summed E-state index contributed by atoms with van der Waals surface area (Å²) in [6.07, 6.45) is 3.45. The van der Waals surface area contributed by atoms with E-state index in [1.165, 1.54) is 0 Å². The van der Waals surface area contributed by atoms with Crippen molar-refractivity contribution >= 4 is 14.8 Å². The van der Waals surface area contributed by atoms with Crippen LogP contribution in [0.4, 0.5) is 0 Å². The molecule has 1 unspecified atom stereocenters. The van der Waals surface area contributed by atoms with Crippen LogP contribution in [0.2, 0.25) is 6.04 Å². The van der Waals surface area contributed by atoms with E-state index >= 15 is 0 Å². The summed E-state index contributed by atoms with van der Waals surface area (Å²) in [4.78, 5) is 11.8. The van der Waals surface area contributed by atoms with Crippen LogP contribution >= 0.6 is 0 Å². The van der Waals surface area contributed by atoms with Crippen molar-refractivity contribution < 1.29 is 22.8 Å². The van der Waals surface area contributed by atoms with E-state index in [0.717, 1.165) is 19.3 Å². The molecule has 0 N–H and O–H groups in total. The molecule has 5 nitrogen and oxygen atoms in total. The standard InChI is InChI=1S/C17H34O5Si/c1-7-11-12-16(22-17(18)15(5)6)13-14-23(19-8-2,20-9-3)21-10-4/h16H,5,7-14H2,1-4,6H3. The maximum atomic E-state index is 11.8. The minimum absolute atomic E-state index is 0.146. The molecule has 0 rings (SSSR count). The van der Waals surface area contributed by atoms with Gasteiger partial charge >= 0.3 is 14.8 Å². The lowest BCUT2D eigenvalue weighted by atomic mass is 10.1. The molecule has 0 amide bonds. The van der Waals surface area contributed by atoms with E-state index in [2.05, 4.69) is 13.5 Å². The Hall–Kier alpha value is -0.693. The van der Waals surface area contributed by atoms with Crippen molar-refractivity contribution in [2.24, 2.45) is 0 Å². The summed E-state index contributed by atoms with van der Waals surface area (Å²) in [5, 5.41) is 0. The molecule has 0 saturated heterocycles. The number of hydrogen-bond donors (Lipinski definition) is 0. The summed E-state index contributed by atoms with van der Waals surface area (Å²) >= 11 is 0. The van der Waals surface area contributed by atoms with Crippen molar-refractivity contribution in [3.63, 3.8) is 0 Å². The summed E-state index contributed by atoms with van der Waals surface area (Å²) in [6, 6.07) is 0.653. The summed E-state index contributed by atoms with van der Waals surface area (Å²) in [5.41, 5.74) is 0.425. The van der Waals surface area contributed by atoms with Crippen LogP contribution in [0.5, 0.6) is 0 Å². The topological polar surface area (TPSA) is 54.0 Å². The van der Waals surface area contributed by atoms with E-state index in [1.54, 1.807) is 6.92 Å². The lowest BCUT2D eigenvalue weighted by molar-refractivity contribution is -0.144. The van der Waals surface area contributed by atoms with Gasteiger partial charge in [-0.05, 0) is 40.5 Å². The third-order valence-electron chi connectivity index (χ3n) is 3.37. The Bertz CT molecular complexity index is 329. The van der Waals surface area contributed by atoms with Crippen LogP contribution in [0.25, 0.3) is 0 Å². The molecule has 0 aliphatic heterocycles. The van der Waals surface area contributed by atoms with Crippen molar-refractivity contribution in [2.75, 3.05) is 19.8 Å². The van der Waals surface area contributed by atoms with Crippen molar-refractivity contribution in [1.82, 2.24) is 0 Å². The minimum atomic E-state index is -2.69. The van der Waals surface area contributed by atoms with Gasteiger partial charge in [-0.25, -0.2) is 4.79 Å². The highest BCUT2D eigenvalue weighted by Crippen LogP contribution is 2.23. The van der Waals surface area contributed by atoms with Crippen LogP contribution in [0.15, 0.2) is 12.2 Å². The summed E-state index contributed by atoms with van der Waals surface area (Å²) in [6.45, 7) is 14.9. The smallest absolute Gasteiger partial charge is 0.459 e. The van der Waals surface area contributed by atoms with Gasteiger partial charge in [-0.1, -0.05) is 26.3 Å². The maximum Gasteiger partial charge on any atom is 0.501 e. The summed E-state index contributed by atoms with van der Waals surface area (Å²) in [5.74, 6) is -0.331. The average molecular weight is 347 g/mol. The first-order valence-electron chi connectivity index (χ1n) is 8.72. The Morgan fingerprint density at radius 1 is 1.00 bits per heavy atom. The molecule has 0 radical (unpaired) electrons. The zero-order chi connectivity index (χ0) is 17.7. The normalized spacial score (nSPS) is 12.9. The van der Waals surface area contributed by atoms with Gasteiger partial charge in [-0.15, -0.1) is 0 Å². The average Bonchev–Trinajstić information content (AvgIpc) is 2.50. The third-order valence-corrected chi connectivity index (χ3v) is 6.45. The summed E-state index contributed by atoms with van der Waals surface area (Å²) in [7, 11) is -2.69. The highest BCUT2D eigenvalue weighted by Gasteiger charge is 2.40. The molecule has 0 aliphatic carbocycles. The fourth-order valence-electron chi connectivity index (χ4n) is 2.28. The predicted molar refractivity (Wildman–Crippen MR) is 94.3 cm³/mol. The number of hydrogen-bond acceptors (Lipinski definition) is 5. The molecular formula is C17H34O5Si. The van der Waals surface area contributed by atoms with Crippen molar-refractivity contribution in [3.05, 3.63) is 12.2 Å². The Morgan fingerprint density at radius 2 is 1.52 bits per heavy atom. The molecule has 6 heteroatoms. The van der Waals surface area contributed by atoms with Crippen molar-refractivity contribution in [1.29, 1.82) is 0 Å². The van der Waals surface area contributed by atoms with Crippen LogP contribution in [0.3, 0.4) is 0 Å². The van der Waals surface area contributed by atoms with Crippen molar-refractivity contribution in [2.45, 2.75) is 72.5 Å². The molecule has 0 aromatic rings. The molecule has 0 aromatic carbocycles. The zero-order valence-electron chi connectivity index (χ0n) is 15.5. The second-order valence-corrected chi connectivity index (χ2v) is 8.20. The molecule has 1 atom stereocenters. The minimum Gasteiger partial charge on any atom is -0.459 e. The van der Waals surface area contributed by atoms with Gasteiger partial charge in [0.1, 0.15) is 6.10 Å². The first-order valence-corrected chi connectivity index (χ1v) is 10.7. The van der Waals surface area contributed by atoms with Gasteiger partial charge in [0.25, 0.3) is 0 Å². The van der Waals surface area contributed by atoms with Crippen molar-refractivity contribution in [3.8, 4) is 0 Å². The number of carbonyl (C=O) groups is 1. The Morgan fingerprint density at radius 3 is 1.91 bits per heavy atom. The highest BCUT2D eigenvalue weighted by molar-refractivity contribution is 6.60. The molecule has 136 valence electrons. The largest absolute Gasteiger partial charge is 0.501 e. The molecule has 0 spiro atoms. The Kier molecular flexibility index (Phi) is 12.3. The fraction of sp³-hybridized carbons (Fsp3) is 0.824. The molecule has 0 fully saturated rings. The van der Waals surface area contributed by atoms with Gasteiger partial charge in [-0.2, -0.15) is 0 Å². The second kappa shape index (κ2) is 12.7. The van der Waals surface area contributed by atoms with E-state index in [-0.39, 0.29) is 12.1 Å². The molecular weight excluding hydrogens is 312 g/mol. The fourth-order valence-corrected chi connectivity index (χ4v) is 4.96. The number of esters is 1. The van der Waals surface area contributed by atoms with Crippen LogP contribution in [-0.2, 0) is 22.8 Å². The van der Waals surface area contributed by atoms with Crippen LogP contribution in [-0.4, -0.2) is 40.7 Å². The van der Waals surface area contributed by atoms with E-state index in [4.69, 9.17) is 18.0 Å². The highest BCUT2D eigenvalue weighted by atomic mass is 28.4. The van der Waals surface area contributed by atoms with Crippen LogP contribution < -0.4 is 0 Å². The first-order chi connectivity index (χ1) is 10.9. The molecule has 0 bridgehead atoms. The van der Waals surface area contributed by atoms with Gasteiger partial charge in [-0.3, -0.25) is 0 Å². The molecule has 0 aromatic heterocycles. The maximum absolute atomic E-state index is 11.8. The molecule has 0 saturated carbocycles. The van der Waals surface area contributed by atoms with Gasteiger partial charge in [0.05, 0.1) is 0 Å². The van der Waals surface area contributed by atoms with Gasteiger partial charge in [0.15, 0.2) is 0 Å². The quantitative estimate of drug-likeness (QED) is 0.269. The SMILES string of the molecule is C=C(C)C(=O)OC(CCCC)CC[Si](OCC)(OCC)OCC. The summed E-state index contributed by atoms with van der Waals surface area (Å²) < 4.78 is 23.1.